The second-order valence-electron chi connectivity index (χ2n) is 9.83. The molecule has 1 heterocycles. The molecule has 0 spiro atoms. The van der Waals surface area contributed by atoms with Crippen LogP contribution >= 0.6 is 7.52 Å². The van der Waals surface area contributed by atoms with E-state index in [9.17, 15) is 9.36 Å². The fourth-order valence-electron chi connectivity index (χ4n) is 5.30. The molecule has 2 aliphatic carbocycles. The van der Waals surface area contributed by atoms with Crippen molar-refractivity contribution in [3.63, 3.8) is 0 Å². The molecule has 0 N–H and O–H groups in total. The molecule has 5 atom stereocenters. The first-order chi connectivity index (χ1) is 10.9. The van der Waals surface area contributed by atoms with Gasteiger partial charge in [-0.2, -0.15) is 0 Å². The zero-order chi connectivity index (χ0) is 18.1. The average molecular weight is 357 g/mol. The largest absolute Gasteiger partial charge is 0.469 e. The lowest BCUT2D eigenvalue weighted by molar-refractivity contribution is -0.137. The van der Waals surface area contributed by atoms with Gasteiger partial charge < -0.3 is 9.26 Å². The molecule has 3 aliphatic rings. The first-order valence-corrected chi connectivity index (χ1v) is 10.7. The van der Waals surface area contributed by atoms with Crippen LogP contribution in [0.1, 0.15) is 54.4 Å². The molecule has 3 rings (SSSR count). The van der Waals surface area contributed by atoms with E-state index in [-0.39, 0.29) is 34.6 Å². The Morgan fingerprint density at radius 1 is 1.33 bits per heavy atom. The van der Waals surface area contributed by atoms with Crippen molar-refractivity contribution in [3.05, 3.63) is 0 Å². The number of fused-ring (bicyclic) bond motifs is 5. The van der Waals surface area contributed by atoms with E-state index in [1.807, 2.05) is 0 Å². The molecule has 1 saturated heterocycles. The maximum Gasteiger partial charge on any atom is 0.316 e. The van der Waals surface area contributed by atoms with Gasteiger partial charge in [0.05, 0.1) is 13.2 Å². The highest BCUT2D eigenvalue weighted by atomic mass is 31.2. The van der Waals surface area contributed by atoms with E-state index < -0.39 is 13.5 Å². The number of rotatable bonds is 3. The molecule has 2 saturated carbocycles. The molecule has 0 amide bonds. The standard InChI is InChI=1S/C18H32NO4P/c1-16(2,3)11-19-14-12-8-9-18(6,17(12,4)5)15(14)23-24(19,21)10-13(20)22-7/h12,14-15H,8-11H2,1-7H3/t12?,14?,15?,18?,24-/m0/s1. The van der Waals surface area contributed by atoms with Crippen molar-refractivity contribution < 1.29 is 18.6 Å². The van der Waals surface area contributed by atoms with E-state index in [0.717, 1.165) is 12.8 Å². The number of hydrogen-bond acceptors (Lipinski definition) is 4. The van der Waals surface area contributed by atoms with Crippen molar-refractivity contribution in [1.29, 1.82) is 0 Å². The summed E-state index contributed by atoms with van der Waals surface area (Å²) in [6.07, 6.45) is 2.06. The van der Waals surface area contributed by atoms with Gasteiger partial charge in [-0.1, -0.05) is 41.5 Å². The first-order valence-electron chi connectivity index (χ1n) is 8.97. The molecule has 138 valence electrons. The number of ether oxygens (including phenoxy) is 1. The predicted molar refractivity (Wildman–Crippen MR) is 93.9 cm³/mol. The Morgan fingerprint density at radius 2 is 1.96 bits per heavy atom. The third-order valence-corrected chi connectivity index (χ3v) is 9.34. The minimum Gasteiger partial charge on any atom is -0.469 e. The molecule has 4 unspecified atom stereocenters. The number of esters is 1. The van der Waals surface area contributed by atoms with Gasteiger partial charge in [0, 0.05) is 18.0 Å². The summed E-state index contributed by atoms with van der Waals surface area (Å²) in [5, 5.41) is 0. The van der Waals surface area contributed by atoms with Crippen LogP contribution in [-0.2, 0) is 18.6 Å². The summed E-state index contributed by atoms with van der Waals surface area (Å²) in [6, 6.07) is 0.147. The van der Waals surface area contributed by atoms with Crippen LogP contribution < -0.4 is 0 Å². The normalized spacial score (nSPS) is 43.9. The van der Waals surface area contributed by atoms with Crippen molar-refractivity contribution in [1.82, 2.24) is 4.67 Å². The zero-order valence-electron chi connectivity index (χ0n) is 16.1. The summed E-state index contributed by atoms with van der Waals surface area (Å²) in [6.45, 7) is 14.0. The van der Waals surface area contributed by atoms with E-state index in [1.165, 1.54) is 7.11 Å². The van der Waals surface area contributed by atoms with Gasteiger partial charge in [-0.3, -0.25) is 9.36 Å². The first kappa shape index (κ1) is 18.4. The lowest BCUT2D eigenvalue weighted by atomic mass is 9.70. The fourth-order valence-corrected chi connectivity index (χ4v) is 8.17. The van der Waals surface area contributed by atoms with Gasteiger partial charge >= 0.3 is 5.97 Å². The quantitative estimate of drug-likeness (QED) is 0.566. The minimum absolute atomic E-state index is 0.0146. The number of carbonyl (C=O) groups is 1. The Hall–Kier alpha value is -0.380. The Kier molecular flexibility index (Phi) is 4.07. The highest BCUT2D eigenvalue weighted by Crippen LogP contribution is 2.76. The van der Waals surface area contributed by atoms with Crippen LogP contribution in [0, 0.1) is 22.2 Å². The van der Waals surface area contributed by atoms with Crippen LogP contribution in [0.2, 0.25) is 0 Å². The molecular formula is C18H32NO4P. The maximum atomic E-state index is 13.7. The van der Waals surface area contributed by atoms with E-state index in [0.29, 0.717) is 12.5 Å². The number of hydrogen-bond donors (Lipinski definition) is 0. The zero-order valence-corrected chi connectivity index (χ0v) is 17.0. The molecule has 1 aliphatic heterocycles. The smallest absolute Gasteiger partial charge is 0.316 e. The predicted octanol–water partition coefficient (Wildman–Crippen LogP) is 3.92. The summed E-state index contributed by atoms with van der Waals surface area (Å²) in [5.41, 5.74) is 0.159. The van der Waals surface area contributed by atoms with Gasteiger partial charge in [0.15, 0.2) is 0 Å². The third kappa shape index (κ3) is 2.42. The van der Waals surface area contributed by atoms with Gasteiger partial charge in [-0.05, 0) is 29.6 Å². The van der Waals surface area contributed by atoms with Gasteiger partial charge in [-0.15, -0.1) is 0 Å². The highest BCUT2D eigenvalue weighted by Gasteiger charge is 2.73. The maximum absolute atomic E-state index is 13.7. The van der Waals surface area contributed by atoms with Crippen molar-refractivity contribution in [2.75, 3.05) is 19.8 Å². The fraction of sp³-hybridized carbons (Fsp3) is 0.944. The minimum atomic E-state index is -3.20. The van der Waals surface area contributed by atoms with E-state index in [4.69, 9.17) is 9.26 Å². The van der Waals surface area contributed by atoms with Crippen molar-refractivity contribution in [3.8, 4) is 0 Å². The topological polar surface area (TPSA) is 55.8 Å². The van der Waals surface area contributed by atoms with Crippen molar-refractivity contribution in [2.24, 2.45) is 22.2 Å². The Labute approximate surface area is 146 Å². The van der Waals surface area contributed by atoms with Gasteiger partial charge in [0.2, 0.25) is 0 Å². The second-order valence-corrected chi connectivity index (χ2v) is 12.1. The SMILES string of the molecule is COC(=O)C[P@]1(=O)OC2C(C3CCC2(C)C3(C)C)N1CC(C)(C)C. The summed E-state index contributed by atoms with van der Waals surface area (Å²) in [5.74, 6) is 0.0114. The van der Waals surface area contributed by atoms with Crippen molar-refractivity contribution >= 4 is 13.5 Å². The molecular weight excluding hydrogens is 325 g/mol. The van der Waals surface area contributed by atoms with Crippen LogP contribution in [0.3, 0.4) is 0 Å². The van der Waals surface area contributed by atoms with Gasteiger partial charge in [-0.25, -0.2) is 4.67 Å². The second kappa shape index (κ2) is 5.31. The summed E-state index contributed by atoms with van der Waals surface area (Å²) in [4.78, 5) is 11.9. The summed E-state index contributed by atoms with van der Waals surface area (Å²) < 4.78 is 26.8. The van der Waals surface area contributed by atoms with Crippen LogP contribution in [0.25, 0.3) is 0 Å². The van der Waals surface area contributed by atoms with E-state index in [2.05, 4.69) is 46.2 Å². The molecule has 0 aromatic heterocycles. The molecule has 3 fully saturated rings. The summed E-state index contributed by atoms with van der Waals surface area (Å²) in [7, 11) is -1.86. The van der Waals surface area contributed by atoms with Crippen LogP contribution in [-0.4, -0.2) is 42.6 Å². The monoisotopic (exact) mass is 357 g/mol. The lowest BCUT2D eigenvalue weighted by Crippen LogP contribution is -2.44. The van der Waals surface area contributed by atoms with Crippen molar-refractivity contribution in [2.45, 2.75) is 66.5 Å². The molecule has 0 aromatic carbocycles. The van der Waals surface area contributed by atoms with Crippen LogP contribution in [0.15, 0.2) is 0 Å². The van der Waals surface area contributed by atoms with Crippen LogP contribution in [0.4, 0.5) is 0 Å². The molecule has 24 heavy (non-hydrogen) atoms. The Bertz CT molecular complexity index is 596. The number of carbonyl (C=O) groups excluding carboxylic acids is 1. The number of methoxy groups -OCH3 is 1. The lowest BCUT2D eigenvalue weighted by Gasteiger charge is -2.38. The van der Waals surface area contributed by atoms with Gasteiger partial charge in [0.1, 0.15) is 6.16 Å². The molecule has 2 bridgehead atoms. The average Bonchev–Trinajstić information content (AvgIpc) is 2.89. The van der Waals surface area contributed by atoms with Crippen LogP contribution in [0.5, 0.6) is 0 Å². The third-order valence-electron chi connectivity index (χ3n) is 6.93. The summed E-state index contributed by atoms with van der Waals surface area (Å²) >= 11 is 0. The molecule has 6 heteroatoms. The molecule has 0 aromatic rings. The number of nitrogens with zero attached hydrogens (tertiary/aromatic N) is 1. The van der Waals surface area contributed by atoms with E-state index >= 15 is 0 Å². The van der Waals surface area contributed by atoms with E-state index in [1.54, 1.807) is 0 Å². The molecule has 0 radical (unpaired) electrons. The highest BCUT2D eigenvalue weighted by molar-refractivity contribution is 7.57. The Morgan fingerprint density at radius 3 is 2.50 bits per heavy atom. The molecule has 5 nitrogen and oxygen atoms in total. The Balaban J connectivity index is 2.00. The van der Waals surface area contributed by atoms with Gasteiger partial charge in [0.25, 0.3) is 7.52 Å².